The summed E-state index contributed by atoms with van der Waals surface area (Å²) in [5.74, 6) is -0.445. The molecule has 2 aliphatic heterocycles. The van der Waals surface area contributed by atoms with Gasteiger partial charge < -0.3 is 58.4 Å². The SMILES string of the molecule is COc1cc2ccc(=O)oc2cc1OC1OC(COC2OC(C)C(OC(C)=O)C(O)C2O)C(O)C(O)C1O. The fourth-order valence-corrected chi connectivity index (χ4v) is 4.29. The van der Waals surface area contributed by atoms with Crippen LogP contribution in [0.4, 0.5) is 0 Å². The summed E-state index contributed by atoms with van der Waals surface area (Å²) in [6.45, 7) is 2.19. The number of carbonyl (C=O) groups is 1. The fraction of sp³-hybridized carbons (Fsp3) is 0.583. The van der Waals surface area contributed by atoms with E-state index in [0.717, 1.165) is 6.92 Å². The quantitative estimate of drug-likeness (QED) is 0.198. The molecule has 14 heteroatoms. The predicted molar refractivity (Wildman–Crippen MR) is 124 cm³/mol. The largest absolute Gasteiger partial charge is 0.493 e. The van der Waals surface area contributed by atoms with Crippen molar-refractivity contribution in [1.29, 1.82) is 0 Å². The molecular formula is C24H30O14. The monoisotopic (exact) mass is 542 g/mol. The number of carbonyl (C=O) groups excluding carboxylic acids is 1. The minimum absolute atomic E-state index is 0.0150. The lowest BCUT2D eigenvalue weighted by molar-refractivity contribution is -0.319. The number of hydrogen-bond acceptors (Lipinski definition) is 14. The second kappa shape index (κ2) is 11.5. The average molecular weight is 542 g/mol. The molecule has 5 N–H and O–H groups in total. The van der Waals surface area contributed by atoms with Gasteiger partial charge in [0.1, 0.15) is 42.2 Å². The number of rotatable bonds is 7. The molecule has 10 unspecified atom stereocenters. The normalized spacial score (nSPS) is 35.6. The molecule has 0 amide bonds. The summed E-state index contributed by atoms with van der Waals surface area (Å²) < 4.78 is 37.9. The van der Waals surface area contributed by atoms with Gasteiger partial charge >= 0.3 is 11.6 Å². The van der Waals surface area contributed by atoms with Crippen LogP contribution in [0, 0.1) is 0 Å². The third kappa shape index (κ3) is 5.77. The zero-order chi connectivity index (χ0) is 27.7. The maximum Gasteiger partial charge on any atom is 0.336 e. The summed E-state index contributed by atoms with van der Waals surface area (Å²) in [5.41, 5.74) is -0.425. The van der Waals surface area contributed by atoms with Gasteiger partial charge in [0, 0.05) is 24.4 Å². The highest BCUT2D eigenvalue weighted by atomic mass is 16.7. The smallest absolute Gasteiger partial charge is 0.336 e. The molecule has 14 nitrogen and oxygen atoms in total. The number of hydrogen-bond donors (Lipinski definition) is 5. The first kappa shape index (κ1) is 28.2. The maximum atomic E-state index is 11.6. The van der Waals surface area contributed by atoms with Crippen LogP contribution in [0.5, 0.6) is 11.5 Å². The molecule has 1 aromatic carbocycles. The highest BCUT2D eigenvalue weighted by Crippen LogP contribution is 2.35. The Hall–Kier alpha value is -2.82. The molecule has 38 heavy (non-hydrogen) atoms. The van der Waals surface area contributed by atoms with Gasteiger partial charge in [-0.3, -0.25) is 4.79 Å². The predicted octanol–water partition coefficient (Wildman–Crippen LogP) is -1.60. The van der Waals surface area contributed by atoms with E-state index in [1.807, 2.05) is 0 Å². The summed E-state index contributed by atoms with van der Waals surface area (Å²) in [6.07, 6.45) is -14.4. The first-order chi connectivity index (χ1) is 18.0. The molecule has 210 valence electrons. The molecule has 10 atom stereocenters. The Morgan fingerprint density at radius 3 is 2.32 bits per heavy atom. The molecule has 2 saturated heterocycles. The summed E-state index contributed by atoms with van der Waals surface area (Å²) in [5, 5.41) is 52.6. The Morgan fingerprint density at radius 1 is 0.921 bits per heavy atom. The molecule has 1 aromatic heterocycles. The van der Waals surface area contributed by atoms with Crippen molar-refractivity contribution < 1.29 is 63.2 Å². The Labute approximate surface area is 215 Å². The van der Waals surface area contributed by atoms with E-state index >= 15 is 0 Å². The molecule has 0 aliphatic carbocycles. The van der Waals surface area contributed by atoms with E-state index in [2.05, 4.69) is 0 Å². The van der Waals surface area contributed by atoms with Crippen LogP contribution in [0.25, 0.3) is 11.0 Å². The van der Waals surface area contributed by atoms with Gasteiger partial charge in [-0.1, -0.05) is 0 Å². The van der Waals surface area contributed by atoms with Gasteiger partial charge in [0.05, 0.1) is 19.8 Å². The molecule has 3 heterocycles. The van der Waals surface area contributed by atoms with E-state index in [-0.39, 0.29) is 17.1 Å². The molecule has 0 saturated carbocycles. The third-order valence-electron chi connectivity index (χ3n) is 6.32. The molecule has 0 spiro atoms. The van der Waals surface area contributed by atoms with Gasteiger partial charge in [0.25, 0.3) is 0 Å². The van der Waals surface area contributed by atoms with E-state index in [4.69, 9.17) is 32.8 Å². The zero-order valence-electron chi connectivity index (χ0n) is 20.7. The van der Waals surface area contributed by atoms with E-state index in [1.165, 1.54) is 38.3 Å². The Kier molecular flexibility index (Phi) is 8.54. The maximum absolute atomic E-state index is 11.6. The van der Waals surface area contributed by atoms with Gasteiger partial charge in [0.15, 0.2) is 23.9 Å². The van der Waals surface area contributed by atoms with Crippen molar-refractivity contribution in [3.05, 3.63) is 34.7 Å². The van der Waals surface area contributed by atoms with Crippen LogP contribution in [0.15, 0.2) is 33.5 Å². The van der Waals surface area contributed by atoms with Crippen molar-refractivity contribution in [2.45, 2.75) is 75.3 Å². The fourth-order valence-electron chi connectivity index (χ4n) is 4.29. The van der Waals surface area contributed by atoms with Crippen LogP contribution in [-0.4, -0.2) is 107 Å². The summed E-state index contributed by atoms with van der Waals surface area (Å²) >= 11 is 0. The second-order valence-corrected chi connectivity index (χ2v) is 9.03. The van der Waals surface area contributed by atoms with Crippen LogP contribution in [0.3, 0.4) is 0 Å². The van der Waals surface area contributed by atoms with Crippen LogP contribution in [-0.2, 0) is 23.7 Å². The number of fused-ring (bicyclic) bond motifs is 1. The van der Waals surface area contributed by atoms with Gasteiger partial charge in [-0.25, -0.2) is 4.79 Å². The van der Waals surface area contributed by atoms with Crippen LogP contribution in [0.1, 0.15) is 13.8 Å². The minimum atomic E-state index is -1.72. The molecular weight excluding hydrogens is 512 g/mol. The Morgan fingerprint density at radius 2 is 1.63 bits per heavy atom. The zero-order valence-corrected chi connectivity index (χ0v) is 20.7. The molecule has 0 bridgehead atoms. The number of methoxy groups -OCH3 is 1. The van der Waals surface area contributed by atoms with Crippen molar-refractivity contribution in [2.75, 3.05) is 13.7 Å². The van der Waals surface area contributed by atoms with E-state index in [1.54, 1.807) is 0 Å². The van der Waals surface area contributed by atoms with Crippen LogP contribution in [0.2, 0.25) is 0 Å². The lowest BCUT2D eigenvalue weighted by atomic mass is 9.98. The molecule has 2 aliphatic rings. The number of benzene rings is 1. The number of ether oxygens (including phenoxy) is 6. The van der Waals surface area contributed by atoms with Gasteiger partial charge in [-0.05, 0) is 19.1 Å². The molecule has 2 aromatic rings. The van der Waals surface area contributed by atoms with E-state index in [0.29, 0.717) is 5.39 Å². The van der Waals surface area contributed by atoms with Crippen molar-refractivity contribution in [1.82, 2.24) is 0 Å². The van der Waals surface area contributed by atoms with Gasteiger partial charge in [-0.15, -0.1) is 0 Å². The standard InChI is InChI=1S/C24H30O14/c1-9-22(35-10(2)25)19(29)21(31)23(34-9)33-8-15-17(27)18(28)20(30)24(38-15)37-14-7-12-11(6-13(14)32-3)4-5-16(26)36-12/h4-7,9,15,17-24,27-31H,8H2,1-3H3. The second-order valence-electron chi connectivity index (χ2n) is 9.03. The van der Waals surface area contributed by atoms with E-state index in [9.17, 15) is 35.1 Å². The molecule has 4 rings (SSSR count). The number of aliphatic hydroxyl groups is 5. The first-order valence-corrected chi connectivity index (χ1v) is 11.8. The highest BCUT2D eigenvalue weighted by Gasteiger charge is 2.48. The number of esters is 1. The van der Waals surface area contributed by atoms with Crippen molar-refractivity contribution in [3.63, 3.8) is 0 Å². The average Bonchev–Trinajstić information content (AvgIpc) is 2.88. The van der Waals surface area contributed by atoms with Crippen molar-refractivity contribution in [3.8, 4) is 11.5 Å². The lowest BCUT2D eigenvalue weighted by Crippen LogP contribution is -2.62. The topological polar surface area (TPSA) is 204 Å². The highest BCUT2D eigenvalue weighted by molar-refractivity contribution is 5.80. The first-order valence-electron chi connectivity index (χ1n) is 11.8. The Balaban J connectivity index is 1.47. The van der Waals surface area contributed by atoms with Gasteiger partial charge in [0.2, 0.25) is 6.29 Å². The number of aliphatic hydroxyl groups excluding tert-OH is 5. The third-order valence-corrected chi connectivity index (χ3v) is 6.32. The van der Waals surface area contributed by atoms with Crippen molar-refractivity contribution in [2.24, 2.45) is 0 Å². The van der Waals surface area contributed by atoms with Gasteiger partial charge in [-0.2, -0.15) is 0 Å². The van der Waals surface area contributed by atoms with Crippen LogP contribution >= 0.6 is 0 Å². The Bertz CT molecular complexity index is 1180. The summed E-state index contributed by atoms with van der Waals surface area (Å²) in [4.78, 5) is 22.9. The summed E-state index contributed by atoms with van der Waals surface area (Å²) in [7, 11) is 1.37. The van der Waals surface area contributed by atoms with E-state index < -0.39 is 79.6 Å². The van der Waals surface area contributed by atoms with Crippen LogP contribution < -0.4 is 15.1 Å². The van der Waals surface area contributed by atoms with Crippen molar-refractivity contribution >= 4 is 16.9 Å². The molecule has 2 fully saturated rings. The molecule has 0 radical (unpaired) electrons. The minimum Gasteiger partial charge on any atom is -0.493 e. The summed E-state index contributed by atoms with van der Waals surface area (Å²) in [6, 6.07) is 5.65. The lowest BCUT2D eigenvalue weighted by Gasteiger charge is -2.43.